The Labute approximate surface area is 129 Å². The molecular weight excluding hydrogens is 293 g/mol. The van der Waals surface area contributed by atoms with E-state index in [1.165, 1.54) is 13.0 Å². The van der Waals surface area contributed by atoms with Crippen LogP contribution in [-0.2, 0) is 13.0 Å². The number of hydrogen-bond acceptors (Lipinski definition) is 2. The Morgan fingerprint density at radius 2 is 2.25 bits per heavy atom. The second-order valence-corrected chi connectivity index (χ2v) is 6.44. The fourth-order valence-corrected chi connectivity index (χ4v) is 3.39. The van der Waals surface area contributed by atoms with Gasteiger partial charge in [0.1, 0.15) is 5.82 Å². The van der Waals surface area contributed by atoms with Crippen LogP contribution >= 0.6 is 23.2 Å². The molecule has 3 rings (SSSR count). The molecule has 20 heavy (non-hydrogen) atoms. The van der Waals surface area contributed by atoms with Crippen molar-refractivity contribution in [2.24, 2.45) is 5.92 Å². The standard InChI is InChI=1S/C15H19Cl2N3/c1-19-7-5-11(9-19)10-20-14-8-12(17)2-3-13(14)18-15(20)4-6-16/h2-3,8,11H,4-7,9-10H2,1H3. The van der Waals surface area contributed by atoms with E-state index in [-0.39, 0.29) is 0 Å². The molecule has 108 valence electrons. The Bertz CT molecular complexity index is 608. The molecule has 0 spiro atoms. The van der Waals surface area contributed by atoms with Gasteiger partial charge in [0.15, 0.2) is 0 Å². The Morgan fingerprint density at radius 1 is 1.40 bits per heavy atom. The van der Waals surface area contributed by atoms with E-state index in [1.807, 2.05) is 18.2 Å². The quantitative estimate of drug-likeness (QED) is 0.807. The fourth-order valence-electron chi connectivity index (χ4n) is 3.06. The minimum Gasteiger partial charge on any atom is -0.328 e. The van der Waals surface area contributed by atoms with Crippen molar-refractivity contribution in [3.63, 3.8) is 0 Å². The van der Waals surface area contributed by atoms with Crippen molar-refractivity contribution >= 4 is 34.2 Å². The number of fused-ring (bicyclic) bond motifs is 1. The number of benzene rings is 1. The zero-order chi connectivity index (χ0) is 14.1. The molecule has 0 radical (unpaired) electrons. The number of hydrogen-bond donors (Lipinski definition) is 0. The maximum absolute atomic E-state index is 6.14. The van der Waals surface area contributed by atoms with Crippen LogP contribution in [0.15, 0.2) is 18.2 Å². The van der Waals surface area contributed by atoms with Crippen LogP contribution in [0.1, 0.15) is 12.2 Å². The van der Waals surface area contributed by atoms with Crippen molar-refractivity contribution in [3.05, 3.63) is 29.0 Å². The minimum atomic E-state index is 0.599. The Morgan fingerprint density at radius 3 is 2.95 bits per heavy atom. The van der Waals surface area contributed by atoms with Crippen molar-refractivity contribution in [1.82, 2.24) is 14.5 Å². The van der Waals surface area contributed by atoms with Crippen molar-refractivity contribution in [3.8, 4) is 0 Å². The lowest BCUT2D eigenvalue weighted by Gasteiger charge is -2.14. The van der Waals surface area contributed by atoms with Crippen LogP contribution in [0.5, 0.6) is 0 Å². The third-order valence-corrected chi connectivity index (χ3v) is 4.46. The molecule has 0 saturated carbocycles. The third kappa shape index (κ3) is 2.80. The van der Waals surface area contributed by atoms with Gasteiger partial charge in [0.05, 0.1) is 11.0 Å². The van der Waals surface area contributed by atoms with Crippen molar-refractivity contribution in [2.75, 3.05) is 26.0 Å². The summed E-state index contributed by atoms with van der Waals surface area (Å²) >= 11 is 12.1. The monoisotopic (exact) mass is 311 g/mol. The van der Waals surface area contributed by atoms with Crippen molar-refractivity contribution in [2.45, 2.75) is 19.4 Å². The van der Waals surface area contributed by atoms with E-state index in [1.54, 1.807) is 0 Å². The number of nitrogens with zero attached hydrogens (tertiary/aromatic N) is 3. The lowest BCUT2D eigenvalue weighted by atomic mass is 10.1. The van der Waals surface area contributed by atoms with E-state index in [0.717, 1.165) is 41.4 Å². The van der Waals surface area contributed by atoms with E-state index in [9.17, 15) is 0 Å². The summed E-state index contributed by atoms with van der Waals surface area (Å²) in [6.45, 7) is 3.34. The van der Waals surface area contributed by atoms with Gasteiger partial charge in [0.25, 0.3) is 0 Å². The van der Waals surface area contributed by atoms with Crippen LogP contribution in [0.25, 0.3) is 11.0 Å². The van der Waals surface area contributed by atoms with E-state index in [4.69, 9.17) is 28.2 Å². The van der Waals surface area contributed by atoms with Gasteiger partial charge >= 0.3 is 0 Å². The first-order valence-electron chi connectivity index (χ1n) is 7.06. The molecule has 1 aliphatic heterocycles. The molecule has 1 aromatic heterocycles. The zero-order valence-corrected chi connectivity index (χ0v) is 13.2. The van der Waals surface area contributed by atoms with Gasteiger partial charge in [-0.25, -0.2) is 4.98 Å². The molecule has 5 heteroatoms. The summed E-state index contributed by atoms with van der Waals surface area (Å²) in [6, 6.07) is 5.90. The van der Waals surface area contributed by atoms with Crippen LogP contribution in [0.2, 0.25) is 5.02 Å². The second-order valence-electron chi connectivity index (χ2n) is 5.63. The predicted octanol–water partition coefficient (Wildman–Crippen LogP) is 3.42. The summed E-state index contributed by atoms with van der Waals surface area (Å²) in [4.78, 5) is 7.10. The molecule has 2 aromatic rings. The summed E-state index contributed by atoms with van der Waals surface area (Å²) in [6.07, 6.45) is 2.05. The average Bonchev–Trinajstić information content (AvgIpc) is 2.96. The van der Waals surface area contributed by atoms with Gasteiger partial charge in [-0.05, 0) is 44.1 Å². The van der Waals surface area contributed by atoms with Crippen LogP contribution in [0.4, 0.5) is 0 Å². The number of imidazole rings is 1. The highest BCUT2D eigenvalue weighted by Crippen LogP contribution is 2.25. The summed E-state index contributed by atoms with van der Waals surface area (Å²) in [7, 11) is 2.18. The Balaban J connectivity index is 1.97. The lowest BCUT2D eigenvalue weighted by Crippen LogP contribution is -2.18. The van der Waals surface area contributed by atoms with Gasteiger partial charge in [-0.15, -0.1) is 11.6 Å². The van der Waals surface area contributed by atoms with Gasteiger partial charge in [0.2, 0.25) is 0 Å². The third-order valence-electron chi connectivity index (χ3n) is 4.04. The number of rotatable bonds is 4. The summed E-state index contributed by atoms with van der Waals surface area (Å²) in [5.41, 5.74) is 2.15. The molecule has 3 nitrogen and oxygen atoms in total. The highest BCUT2D eigenvalue weighted by Gasteiger charge is 2.22. The minimum absolute atomic E-state index is 0.599. The number of aryl methyl sites for hydroxylation is 1. The molecule has 1 aliphatic rings. The van der Waals surface area contributed by atoms with Crippen LogP contribution < -0.4 is 0 Å². The first-order chi connectivity index (χ1) is 9.67. The van der Waals surface area contributed by atoms with E-state index < -0.39 is 0 Å². The molecular formula is C15H19Cl2N3. The van der Waals surface area contributed by atoms with E-state index >= 15 is 0 Å². The zero-order valence-electron chi connectivity index (χ0n) is 11.6. The molecule has 1 aromatic carbocycles. The highest BCUT2D eigenvalue weighted by atomic mass is 35.5. The molecule has 1 saturated heterocycles. The van der Waals surface area contributed by atoms with Crippen LogP contribution in [0, 0.1) is 5.92 Å². The Kier molecular flexibility index (Phi) is 4.20. The first-order valence-corrected chi connectivity index (χ1v) is 7.98. The summed E-state index contributed by atoms with van der Waals surface area (Å²) in [5, 5.41) is 0.764. The average molecular weight is 312 g/mol. The normalized spacial score (nSPS) is 20.1. The van der Waals surface area contributed by atoms with Crippen molar-refractivity contribution in [1.29, 1.82) is 0 Å². The second kappa shape index (κ2) is 5.92. The number of alkyl halides is 1. The number of aromatic nitrogens is 2. The number of halogens is 2. The molecule has 0 aliphatic carbocycles. The van der Waals surface area contributed by atoms with Gasteiger partial charge in [-0.2, -0.15) is 0 Å². The molecule has 0 amide bonds. The molecule has 0 bridgehead atoms. The maximum atomic E-state index is 6.14. The van der Waals surface area contributed by atoms with Crippen LogP contribution in [-0.4, -0.2) is 40.5 Å². The summed E-state index contributed by atoms with van der Waals surface area (Å²) in [5.74, 6) is 2.36. The largest absolute Gasteiger partial charge is 0.328 e. The Hall–Kier alpha value is -0.770. The smallest absolute Gasteiger partial charge is 0.111 e. The van der Waals surface area contributed by atoms with Gasteiger partial charge in [-0.1, -0.05) is 11.6 Å². The van der Waals surface area contributed by atoms with Gasteiger partial charge in [-0.3, -0.25) is 0 Å². The highest BCUT2D eigenvalue weighted by molar-refractivity contribution is 6.31. The predicted molar refractivity (Wildman–Crippen MR) is 84.8 cm³/mol. The summed E-state index contributed by atoms with van der Waals surface area (Å²) < 4.78 is 2.31. The van der Waals surface area contributed by atoms with Crippen LogP contribution in [0.3, 0.4) is 0 Å². The molecule has 1 fully saturated rings. The van der Waals surface area contributed by atoms with Gasteiger partial charge in [0, 0.05) is 30.4 Å². The fraction of sp³-hybridized carbons (Fsp3) is 0.533. The van der Waals surface area contributed by atoms with Crippen molar-refractivity contribution < 1.29 is 0 Å². The van der Waals surface area contributed by atoms with E-state index in [0.29, 0.717) is 11.8 Å². The number of likely N-dealkylation sites (tertiary alicyclic amines) is 1. The maximum Gasteiger partial charge on any atom is 0.111 e. The first kappa shape index (κ1) is 14.2. The SMILES string of the molecule is CN1CCC(Cn2c(CCCl)nc3ccc(Cl)cc32)C1. The molecule has 1 atom stereocenters. The van der Waals surface area contributed by atoms with E-state index in [2.05, 4.69) is 16.5 Å². The lowest BCUT2D eigenvalue weighted by molar-refractivity contribution is 0.378. The molecule has 2 heterocycles. The molecule has 0 N–H and O–H groups in total. The topological polar surface area (TPSA) is 21.1 Å². The van der Waals surface area contributed by atoms with Gasteiger partial charge < -0.3 is 9.47 Å². The molecule has 1 unspecified atom stereocenters.